The van der Waals surface area contributed by atoms with Crippen molar-refractivity contribution < 1.29 is 14.7 Å². The average Bonchev–Trinajstić information content (AvgIpc) is 2.72. The van der Waals surface area contributed by atoms with Crippen LogP contribution >= 0.6 is 23.2 Å². The summed E-state index contributed by atoms with van der Waals surface area (Å²) in [6.45, 7) is 1.20. The highest BCUT2D eigenvalue weighted by Gasteiger charge is 2.26. The van der Waals surface area contributed by atoms with Gasteiger partial charge in [0.2, 0.25) is 0 Å². The largest absolute Gasteiger partial charge is 0.480 e. The van der Waals surface area contributed by atoms with Crippen molar-refractivity contribution >= 4 is 35.1 Å². The van der Waals surface area contributed by atoms with Gasteiger partial charge in [-0.15, -0.1) is 0 Å². The zero-order valence-corrected chi connectivity index (χ0v) is 14.5. The Balaban J connectivity index is 2.05. The summed E-state index contributed by atoms with van der Waals surface area (Å²) in [7, 11) is 1.81. The van der Waals surface area contributed by atoms with Gasteiger partial charge in [-0.2, -0.15) is 0 Å². The van der Waals surface area contributed by atoms with E-state index in [1.165, 1.54) is 0 Å². The number of rotatable bonds is 4. The van der Waals surface area contributed by atoms with Crippen LogP contribution < -0.4 is 0 Å². The highest BCUT2D eigenvalue weighted by atomic mass is 35.5. The lowest BCUT2D eigenvalue weighted by Crippen LogP contribution is -2.37. The summed E-state index contributed by atoms with van der Waals surface area (Å²) in [6.07, 6.45) is 2.42. The summed E-state index contributed by atoms with van der Waals surface area (Å²) >= 11 is 12.2. The molecule has 0 bridgehead atoms. The summed E-state index contributed by atoms with van der Waals surface area (Å²) in [5.74, 6) is -1.00. The number of carboxylic acids is 1. The lowest BCUT2D eigenvalue weighted by molar-refractivity contribution is -0.138. The molecular weight excluding hydrogens is 339 g/mol. The van der Waals surface area contributed by atoms with E-state index in [2.05, 4.69) is 0 Å². The van der Waals surface area contributed by atoms with Crippen LogP contribution in [0, 0.1) is 0 Å². The summed E-state index contributed by atoms with van der Waals surface area (Å²) in [5.41, 5.74) is 0.341. The number of aliphatic carboxylic acids is 1. The van der Waals surface area contributed by atoms with E-state index in [9.17, 15) is 9.59 Å². The van der Waals surface area contributed by atoms with Crippen molar-refractivity contribution in [2.45, 2.75) is 25.3 Å². The molecule has 1 aliphatic rings. The highest BCUT2D eigenvalue weighted by molar-refractivity contribution is 6.39. The van der Waals surface area contributed by atoms with E-state index in [0.717, 1.165) is 19.3 Å². The quantitative estimate of drug-likeness (QED) is 0.898. The molecule has 1 heterocycles. The maximum Gasteiger partial charge on any atom is 0.317 e. The van der Waals surface area contributed by atoms with Gasteiger partial charge in [-0.05, 0) is 38.4 Å². The fourth-order valence-electron chi connectivity index (χ4n) is 2.93. The number of hydrogen-bond donors (Lipinski definition) is 1. The zero-order chi connectivity index (χ0) is 17.0. The molecule has 1 saturated heterocycles. The van der Waals surface area contributed by atoms with Gasteiger partial charge in [0.25, 0.3) is 5.91 Å². The van der Waals surface area contributed by atoms with E-state index in [1.54, 1.807) is 30.1 Å². The molecule has 1 atom stereocenters. The first-order valence-electron chi connectivity index (χ1n) is 7.55. The van der Waals surface area contributed by atoms with E-state index < -0.39 is 5.97 Å². The van der Waals surface area contributed by atoms with Crippen LogP contribution in [-0.4, -0.2) is 59.5 Å². The fourth-order valence-corrected chi connectivity index (χ4v) is 3.48. The van der Waals surface area contributed by atoms with E-state index >= 15 is 0 Å². The van der Waals surface area contributed by atoms with Crippen LogP contribution in [0.25, 0.3) is 0 Å². The number of likely N-dealkylation sites (N-methyl/N-ethyl adjacent to an activating group) is 1. The van der Waals surface area contributed by atoms with Crippen LogP contribution in [0.4, 0.5) is 0 Å². The topological polar surface area (TPSA) is 60.9 Å². The van der Waals surface area contributed by atoms with Crippen LogP contribution in [0.2, 0.25) is 10.0 Å². The Bertz CT molecular complexity index is 574. The molecule has 23 heavy (non-hydrogen) atoms. The molecule has 5 nitrogen and oxygen atoms in total. The van der Waals surface area contributed by atoms with Crippen molar-refractivity contribution in [2.75, 3.05) is 26.7 Å². The third kappa shape index (κ3) is 4.59. The predicted octanol–water partition coefficient (Wildman–Crippen LogP) is 3.00. The molecule has 0 aliphatic carbocycles. The van der Waals surface area contributed by atoms with Gasteiger partial charge >= 0.3 is 5.97 Å². The molecule has 7 heteroatoms. The second-order valence-electron chi connectivity index (χ2n) is 5.78. The van der Waals surface area contributed by atoms with Crippen molar-refractivity contribution in [2.24, 2.45) is 0 Å². The number of carbonyl (C=O) groups excluding carboxylic acids is 1. The van der Waals surface area contributed by atoms with Crippen LogP contribution in [0.3, 0.4) is 0 Å². The Morgan fingerprint density at radius 1 is 1.26 bits per heavy atom. The number of amides is 1. The maximum absolute atomic E-state index is 12.7. The minimum Gasteiger partial charge on any atom is -0.480 e. The molecule has 1 N–H and O–H groups in total. The van der Waals surface area contributed by atoms with Crippen molar-refractivity contribution in [1.82, 2.24) is 9.80 Å². The van der Waals surface area contributed by atoms with Crippen molar-refractivity contribution in [3.63, 3.8) is 0 Å². The fraction of sp³-hybridized carbons (Fsp3) is 0.500. The summed E-state index contributed by atoms with van der Waals surface area (Å²) in [4.78, 5) is 27.1. The monoisotopic (exact) mass is 358 g/mol. The Labute approximate surface area is 145 Å². The molecule has 1 unspecified atom stereocenters. The first-order chi connectivity index (χ1) is 10.9. The van der Waals surface area contributed by atoms with Crippen LogP contribution in [0.15, 0.2) is 18.2 Å². The van der Waals surface area contributed by atoms with Gasteiger partial charge in [0, 0.05) is 19.1 Å². The molecule has 126 valence electrons. The molecule has 1 fully saturated rings. The summed E-state index contributed by atoms with van der Waals surface area (Å²) < 4.78 is 0. The molecule has 0 aromatic heterocycles. The normalized spacial score (nSPS) is 18.8. The number of nitrogens with zero attached hydrogens (tertiary/aromatic N) is 2. The molecule has 1 aromatic rings. The Kier molecular flexibility index (Phi) is 6.27. The summed E-state index contributed by atoms with van der Waals surface area (Å²) in [5, 5.41) is 9.61. The van der Waals surface area contributed by atoms with Gasteiger partial charge in [0.05, 0.1) is 22.2 Å². The van der Waals surface area contributed by atoms with E-state index in [0.29, 0.717) is 28.7 Å². The smallest absolute Gasteiger partial charge is 0.317 e. The number of carboxylic acid groups (broad SMARTS) is 1. The standard InChI is InChI=1S/C16H20Cl2N2O3/c1-19(10-14(21)22)11-4-3-8-20(9-7-11)16(23)15-12(17)5-2-6-13(15)18/h2,5-6,11H,3-4,7-10H2,1H3,(H,21,22). The molecule has 1 aromatic carbocycles. The predicted molar refractivity (Wildman–Crippen MR) is 90.3 cm³/mol. The zero-order valence-electron chi connectivity index (χ0n) is 13.0. The second kappa shape index (κ2) is 7.99. The maximum atomic E-state index is 12.7. The SMILES string of the molecule is CN(CC(=O)O)C1CCCN(C(=O)c2c(Cl)cccc2Cl)CC1. The lowest BCUT2D eigenvalue weighted by Gasteiger charge is -2.26. The third-order valence-electron chi connectivity index (χ3n) is 4.17. The first kappa shape index (κ1) is 18.0. The number of hydrogen-bond acceptors (Lipinski definition) is 3. The van der Waals surface area contributed by atoms with Gasteiger partial charge in [0.1, 0.15) is 0 Å². The second-order valence-corrected chi connectivity index (χ2v) is 6.60. The molecule has 0 spiro atoms. The van der Waals surface area contributed by atoms with Crippen LogP contribution in [0.5, 0.6) is 0 Å². The molecule has 1 amide bonds. The average molecular weight is 359 g/mol. The lowest BCUT2D eigenvalue weighted by atomic mass is 10.1. The Morgan fingerprint density at radius 3 is 2.52 bits per heavy atom. The number of likely N-dealkylation sites (tertiary alicyclic amines) is 1. The minimum atomic E-state index is -0.840. The first-order valence-corrected chi connectivity index (χ1v) is 8.31. The van der Waals surface area contributed by atoms with E-state index in [4.69, 9.17) is 28.3 Å². The van der Waals surface area contributed by atoms with Gasteiger partial charge in [-0.25, -0.2) is 0 Å². The van der Waals surface area contributed by atoms with Crippen molar-refractivity contribution in [3.8, 4) is 0 Å². The number of carbonyl (C=O) groups is 2. The Morgan fingerprint density at radius 2 is 1.91 bits per heavy atom. The minimum absolute atomic E-state index is 0.00888. The molecular formula is C16H20Cl2N2O3. The van der Waals surface area contributed by atoms with Crippen molar-refractivity contribution in [3.05, 3.63) is 33.8 Å². The van der Waals surface area contributed by atoms with Gasteiger partial charge in [0.15, 0.2) is 0 Å². The number of halogens is 2. The van der Waals surface area contributed by atoms with Gasteiger partial charge < -0.3 is 10.0 Å². The van der Waals surface area contributed by atoms with E-state index in [1.807, 2.05) is 4.90 Å². The van der Waals surface area contributed by atoms with Gasteiger partial charge in [-0.3, -0.25) is 14.5 Å². The van der Waals surface area contributed by atoms with Gasteiger partial charge in [-0.1, -0.05) is 29.3 Å². The molecule has 0 radical (unpaired) electrons. The molecule has 1 aliphatic heterocycles. The van der Waals surface area contributed by atoms with Crippen molar-refractivity contribution in [1.29, 1.82) is 0 Å². The Hall–Kier alpha value is -1.30. The summed E-state index contributed by atoms with van der Waals surface area (Å²) in [6, 6.07) is 5.18. The highest BCUT2D eigenvalue weighted by Crippen LogP contribution is 2.27. The van der Waals surface area contributed by atoms with Crippen LogP contribution in [-0.2, 0) is 4.79 Å². The number of benzene rings is 1. The molecule has 0 saturated carbocycles. The van der Waals surface area contributed by atoms with E-state index in [-0.39, 0.29) is 18.5 Å². The van der Waals surface area contributed by atoms with Crippen LogP contribution in [0.1, 0.15) is 29.6 Å². The molecule has 2 rings (SSSR count). The third-order valence-corrected chi connectivity index (χ3v) is 4.80.